The van der Waals surface area contributed by atoms with E-state index in [4.69, 9.17) is 21.7 Å². The lowest BCUT2D eigenvalue weighted by atomic mass is 10.2. The highest BCUT2D eigenvalue weighted by Crippen LogP contribution is 2.36. The van der Waals surface area contributed by atoms with Gasteiger partial charge in [0, 0.05) is 30.2 Å². The largest absolute Gasteiger partial charge is 0.454 e. The Bertz CT molecular complexity index is 946. The van der Waals surface area contributed by atoms with Crippen LogP contribution in [0.3, 0.4) is 0 Å². The summed E-state index contributed by atoms with van der Waals surface area (Å²) in [6.45, 7) is 4.34. The summed E-state index contributed by atoms with van der Waals surface area (Å²) in [6.07, 6.45) is 1.91. The molecule has 2 aromatic rings. The molecule has 1 aromatic heterocycles. The number of thioether (sulfide) groups is 1. The summed E-state index contributed by atoms with van der Waals surface area (Å²) in [5, 5.41) is 0. The number of thiocarbonyl (C=S) groups is 1. The highest BCUT2D eigenvalue weighted by Gasteiger charge is 2.29. The lowest BCUT2D eigenvalue weighted by Crippen LogP contribution is -2.22. The van der Waals surface area contributed by atoms with Crippen molar-refractivity contribution in [3.8, 4) is 17.2 Å². The molecule has 1 saturated heterocycles. The van der Waals surface area contributed by atoms with Gasteiger partial charge in [-0.15, -0.1) is 0 Å². The predicted molar refractivity (Wildman–Crippen MR) is 102 cm³/mol. The van der Waals surface area contributed by atoms with E-state index < -0.39 is 0 Å². The van der Waals surface area contributed by atoms with Crippen LogP contribution in [0.25, 0.3) is 11.8 Å². The molecule has 0 atom stereocenters. The molecule has 2 aliphatic rings. The zero-order chi connectivity index (χ0) is 17.7. The summed E-state index contributed by atoms with van der Waals surface area (Å²) in [5.74, 6) is 1.46. The zero-order valence-electron chi connectivity index (χ0n) is 14.0. The van der Waals surface area contributed by atoms with Crippen LogP contribution in [0.15, 0.2) is 29.2 Å². The number of nitrogens with zero attached hydrogens (tertiary/aromatic N) is 2. The molecule has 1 fully saturated rings. The van der Waals surface area contributed by atoms with E-state index in [1.165, 1.54) is 16.7 Å². The number of carbonyl (C=O) groups is 1. The number of rotatable bonds is 2. The predicted octanol–water partition coefficient (Wildman–Crippen LogP) is 3.65. The summed E-state index contributed by atoms with van der Waals surface area (Å²) in [7, 11) is 1.70. The number of hydrogen-bond acceptors (Lipinski definition) is 5. The van der Waals surface area contributed by atoms with E-state index in [0.29, 0.717) is 9.23 Å². The molecule has 0 aliphatic carbocycles. The van der Waals surface area contributed by atoms with Crippen molar-refractivity contribution in [1.82, 2.24) is 9.47 Å². The number of amides is 1. The van der Waals surface area contributed by atoms with Crippen LogP contribution in [0.5, 0.6) is 11.5 Å². The van der Waals surface area contributed by atoms with Crippen LogP contribution < -0.4 is 9.47 Å². The minimum Gasteiger partial charge on any atom is -0.454 e. The average molecular weight is 372 g/mol. The van der Waals surface area contributed by atoms with Crippen molar-refractivity contribution < 1.29 is 14.3 Å². The lowest BCUT2D eigenvalue weighted by molar-refractivity contribution is -0.121. The third-order valence-corrected chi connectivity index (χ3v) is 5.84. The first-order valence-corrected chi connectivity index (χ1v) is 8.98. The fourth-order valence-electron chi connectivity index (χ4n) is 3.04. The van der Waals surface area contributed by atoms with Crippen LogP contribution in [0.1, 0.15) is 17.0 Å². The van der Waals surface area contributed by atoms with Crippen LogP contribution in [-0.4, -0.2) is 33.5 Å². The molecule has 0 radical (unpaired) electrons. The van der Waals surface area contributed by atoms with Gasteiger partial charge in [0.15, 0.2) is 11.5 Å². The standard InChI is InChI=1S/C18H16N2O3S2/c1-10-6-12(7-16-17(21)19(3)18(24)25-16)11(2)20(10)13-4-5-14-15(8-13)23-9-22-14/h4-8H,9H2,1-3H3/b16-7+. The minimum absolute atomic E-state index is 0.0529. The highest BCUT2D eigenvalue weighted by atomic mass is 32.2. The number of aryl methyl sites for hydroxylation is 1. The van der Waals surface area contributed by atoms with Crippen LogP contribution in [0.4, 0.5) is 0 Å². The summed E-state index contributed by atoms with van der Waals surface area (Å²) >= 11 is 6.53. The summed E-state index contributed by atoms with van der Waals surface area (Å²) in [6, 6.07) is 7.96. The van der Waals surface area contributed by atoms with E-state index in [-0.39, 0.29) is 12.7 Å². The number of hydrogen-bond donors (Lipinski definition) is 0. The van der Waals surface area contributed by atoms with E-state index >= 15 is 0 Å². The van der Waals surface area contributed by atoms with Crippen molar-refractivity contribution in [2.24, 2.45) is 0 Å². The molecule has 3 heterocycles. The smallest absolute Gasteiger partial charge is 0.265 e. The van der Waals surface area contributed by atoms with Gasteiger partial charge < -0.3 is 14.0 Å². The Morgan fingerprint density at radius 3 is 2.68 bits per heavy atom. The van der Waals surface area contributed by atoms with Gasteiger partial charge in [-0.05, 0) is 43.7 Å². The molecule has 0 spiro atoms. The number of benzene rings is 1. The van der Waals surface area contributed by atoms with Crippen molar-refractivity contribution in [3.05, 3.63) is 46.1 Å². The molecular weight excluding hydrogens is 356 g/mol. The van der Waals surface area contributed by atoms with Gasteiger partial charge in [0.1, 0.15) is 4.32 Å². The maximum atomic E-state index is 12.2. The molecule has 1 amide bonds. The molecule has 0 unspecified atom stereocenters. The first kappa shape index (κ1) is 16.2. The highest BCUT2D eigenvalue weighted by molar-refractivity contribution is 8.26. The van der Waals surface area contributed by atoms with Crippen molar-refractivity contribution >= 4 is 40.3 Å². The number of fused-ring (bicyclic) bond motifs is 1. The molecule has 0 bridgehead atoms. The minimum atomic E-state index is -0.0529. The van der Waals surface area contributed by atoms with Crippen molar-refractivity contribution in [2.75, 3.05) is 13.8 Å². The Kier molecular flexibility index (Phi) is 3.85. The Morgan fingerprint density at radius 1 is 1.20 bits per heavy atom. The van der Waals surface area contributed by atoms with Gasteiger partial charge in [0.05, 0.1) is 4.91 Å². The monoisotopic (exact) mass is 372 g/mol. The third kappa shape index (κ3) is 2.63. The van der Waals surface area contributed by atoms with Gasteiger partial charge in [-0.25, -0.2) is 0 Å². The molecule has 7 heteroatoms. The molecule has 25 heavy (non-hydrogen) atoms. The number of ether oxygens (including phenoxy) is 2. The van der Waals surface area contributed by atoms with Crippen LogP contribution in [0.2, 0.25) is 0 Å². The van der Waals surface area contributed by atoms with Gasteiger partial charge in [0.25, 0.3) is 5.91 Å². The van der Waals surface area contributed by atoms with Crippen molar-refractivity contribution in [2.45, 2.75) is 13.8 Å². The van der Waals surface area contributed by atoms with Crippen LogP contribution in [0, 0.1) is 13.8 Å². The van der Waals surface area contributed by atoms with Crippen molar-refractivity contribution in [1.29, 1.82) is 0 Å². The van der Waals surface area contributed by atoms with E-state index in [1.807, 2.05) is 38.1 Å². The molecule has 1 aromatic carbocycles. The number of aromatic nitrogens is 1. The second kappa shape index (κ2) is 5.93. The maximum absolute atomic E-state index is 12.2. The van der Waals surface area contributed by atoms with Gasteiger partial charge in [-0.1, -0.05) is 24.0 Å². The second-order valence-electron chi connectivity index (χ2n) is 5.94. The Hall–Kier alpha value is -2.25. The summed E-state index contributed by atoms with van der Waals surface area (Å²) in [4.78, 5) is 14.4. The van der Waals surface area contributed by atoms with Gasteiger partial charge >= 0.3 is 0 Å². The average Bonchev–Trinajstić information content (AvgIpc) is 3.22. The van der Waals surface area contributed by atoms with E-state index in [1.54, 1.807) is 7.05 Å². The normalized spacial score (nSPS) is 17.9. The van der Waals surface area contributed by atoms with Gasteiger partial charge in [-0.3, -0.25) is 9.69 Å². The molecule has 5 nitrogen and oxygen atoms in total. The topological polar surface area (TPSA) is 43.7 Å². The fourth-order valence-corrected chi connectivity index (χ4v) is 4.21. The Balaban J connectivity index is 1.75. The zero-order valence-corrected chi connectivity index (χ0v) is 15.7. The maximum Gasteiger partial charge on any atom is 0.265 e. The Labute approximate surface area is 155 Å². The second-order valence-corrected chi connectivity index (χ2v) is 7.62. The molecule has 0 saturated carbocycles. The lowest BCUT2D eigenvalue weighted by Gasteiger charge is -2.10. The van der Waals surface area contributed by atoms with E-state index in [9.17, 15) is 4.79 Å². The molecular formula is C18H16N2O3S2. The summed E-state index contributed by atoms with van der Waals surface area (Å²) in [5.41, 5.74) is 4.14. The molecule has 4 rings (SSSR count). The van der Waals surface area contributed by atoms with E-state index in [2.05, 4.69) is 10.6 Å². The first-order valence-electron chi connectivity index (χ1n) is 7.76. The SMILES string of the molecule is Cc1cc(/C=C2/SC(=S)N(C)C2=O)c(C)n1-c1ccc2c(c1)OCO2. The van der Waals surface area contributed by atoms with Crippen LogP contribution >= 0.6 is 24.0 Å². The molecule has 128 valence electrons. The van der Waals surface area contributed by atoms with Gasteiger partial charge in [0.2, 0.25) is 6.79 Å². The number of carbonyl (C=O) groups excluding carboxylic acids is 1. The fraction of sp³-hybridized carbons (Fsp3) is 0.222. The third-order valence-electron chi connectivity index (χ3n) is 4.36. The summed E-state index contributed by atoms with van der Waals surface area (Å²) < 4.78 is 13.6. The van der Waals surface area contributed by atoms with Gasteiger partial charge in [-0.2, -0.15) is 0 Å². The molecule has 0 N–H and O–H groups in total. The molecule has 2 aliphatic heterocycles. The first-order chi connectivity index (χ1) is 12.0. The quantitative estimate of drug-likeness (QED) is 0.595. The Morgan fingerprint density at radius 2 is 1.96 bits per heavy atom. The number of likely N-dealkylation sites (N-methyl/N-ethyl adjacent to an activating group) is 1. The van der Waals surface area contributed by atoms with E-state index in [0.717, 1.165) is 34.1 Å². The van der Waals surface area contributed by atoms with Crippen molar-refractivity contribution in [3.63, 3.8) is 0 Å². The van der Waals surface area contributed by atoms with Crippen LogP contribution in [-0.2, 0) is 4.79 Å².